The molecule has 1 aliphatic rings. The fraction of sp³-hybridized carbons (Fsp3) is 0.578. The Kier molecular flexibility index (Phi) is 18.7. The third-order valence-electron chi connectivity index (χ3n) is 10.5. The summed E-state index contributed by atoms with van der Waals surface area (Å²) in [5.74, 6) is 0.149. The molecule has 4 unspecified atom stereocenters. The number of nitrogens with zero attached hydrogens (tertiary/aromatic N) is 1. The van der Waals surface area contributed by atoms with Crippen molar-refractivity contribution < 1.29 is 19.4 Å². The number of ether oxygens (including phenoxy) is 2. The van der Waals surface area contributed by atoms with Crippen LogP contribution >= 0.6 is 0 Å². The lowest BCUT2D eigenvalue weighted by molar-refractivity contribution is -0.276. The summed E-state index contributed by atoms with van der Waals surface area (Å²) >= 11 is 0. The summed E-state index contributed by atoms with van der Waals surface area (Å²) in [6.45, 7) is 12.9. The second kappa shape index (κ2) is 23.4. The predicted octanol–water partition coefficient (Wildman–Crippen LogP) is 10.5. The van der Waals surface area contributed by atoms with Crippen molar-refractivity contribution in [3.05, 3.63) is 95.1 Å². The number of rotatable bonds is 23. The van der Waals surface area contributed by atoms with Crippen molar-refractivity contribution in [2.45, 2.75) is 136 Å². The van der Waals surface area contributed by atoms with Crippen LogP contribution in [0.15, 0.2) is 72.8 Å². The largest absolute Gasteiger partial charge is 0.392 e. The zero-order valence-corrected chi connectivity index (χ0v) is 32.6. The predicted molar refractivity (Wildman–Crippen MR) is 214 cm³/mol. The molecule has 1 heterocycles. The minimum absolute atomic E-state index is 0.00203. The van der Waals surface area contributed by atoms with Gasteiger partial charge in [0.2, 0.25) is 0 Å². The Morgan fingerprint density at radius 1 is 0.712 bits per heavy atom. The lowest BCUT2D eigenvalue weighted by Crippen LogP contribution is -2.45. The topological polar surface area (TPSA) is 83.1 Å². The fourth-order valence-corrected chi connectivity index (χ4v) is 7.28. The first-order chi connectivity index (χ1) is 25.5. The summed E-state index contributed by atoms with van der Waals surface area (Å²) < 4.78 is 13.8. The van der Waals surface area contributed by atoms with E-state index in [0.29, 0.717) is 13.1 Å². The van der Waals surface area contributed by atoms with Crippen molar-refractivity contribution in [3.63, 3.8) is 0 Å². The molecule has 1 fully saturated rings. The van der Waals surface area contributed by atoms with E-state index in [1.807, 2.05) is 31.2 Å². The fourth-order valence-electron chi connectivity index (χ4n) is 7.28. The van der Waals surface area contributed by atoms with Crippen LogP contribution in [0.4, 0.5) is 4.79 Å². The minimum Gasteiger partial charge on any atom is -0.392 e. The van der Waals surface area contributed by atoms with Crippen molar-refractivity contribution in [1.29, 1.82) is 0 Å². The molecule has 0 aromatic heterocycles. The molecule has 0 radical (unpaired) electrons. The molecule has 3 aromatic rings. The Morgan fingerprint density at radius 3 is 1.92 bits per heavy atom. The van der Waals surface area contributed by atoms with Crippen LogP contribution in [0.5, 0.6) is 0 Å². The van der Waals surface area contributed by atoms with Crippen LogP contribution in [0.25, 0.3) is 11.1 Å². The van der Waals surface area contributed by atoms with Crippen molar-refractivity contribution in [1.82, 2.24) is 15.5 Å². The average molecular weight is 714 g/mol. The molecule has 3 aromatic carbocycles. The van der Waals surface area contributed by atoms with Crippen LogP contribution < -0.4 is 10.6 Å². The smallest absolute Gasteiger partial charge is 0.315 e. The third kappa shape index (κ3) is 13.3. The van der Waals surface area contributed by atoms with Crippen molar-refractivity contribution >= 4 is 6.03 Å². The lowest BCUT2D eigenvalue weighted by Gasteiger charge is -2.43. The van der Waals surface area contributed by atoms with Gasteiger partial charge in [-0.15, -0.1) is 0 Å². The molecule has 0 aliphatic carbocycles. The number of aliphatic hydroxyl groups excluding tert-OH is 1. The van der Waals surface area contributed by atoms with E-state index in [4.69, 9.17) is 9.47 Å². The van der Waals surface area contributed by atoms with Gasteiger partial charge in [-0.05, 0) is 60.7 Å². The van der Waals surface area contributed by atoms with Crippen LogP contribution in [0.1, 0.15) is 139 Å². The van der Waals surface area contributed by atoms with Gasteiger partial charge in [-0.3, -0.25) is 0 Å². The Morgan fingerprint density at radius 2 is 1.31 bits per heavy atom. The monoisotopic (exact) mass is 714 g/mol. The summed E-state index contributed by atoms with van der Waals surface area (Å²) in [6.07, 6.45) is 14.9. The molecule has 1 aliphatic heterocycles. The lowest BCUT2D eigenvalue weighted by atomic mass is 9.89. The molecule has 4 atom stereocenters. The molecule has 1 saturated heterocycles. The second-order valence-corrected chi connectivity index (χ2v) is 14.7. The quantitative estimate of drug-likeness (QED) is 0.0852. The molecular weight excluding hydrogens is 647 g/mol. The second-order valence-electron chi connectivity index (χ2n) is 14.7. The number of nitrogens with one attached hydrogen (secondary N) is 2. The van der Waals surface area contributed by atoms with Crippen molar-refractivity contribution in [2.75, 3.05) is 26.2 Å². The molecule has 3 N–H and O–H groups in total. The highest BCUT2D eigenvalue weighted by atomic mass is 16.7. The maximum absolute atomic E-state index is 12.1. The van der Waals surface area contributed by atoms with Gasteiger partial charge < -0.3 is 30.1 Å². The van der Waals surface area contributed by atoms with E-state index in [0.717, 1.165) is 53.0 Å². The van der Waals surface area contributed by atoms with Crippen LogP contribution in [0.3, 0.4) is 0 Å². The maximum atomic E-state index is 12.1. The molecule has 7 nitrogen and oxygen atoms in total. The van der Waals surface area contributed by atoms with Crippen LogP contribution in [-0.2, 0) is 22.6 Å². The number of carbonyl (C=O) groups excluding carboxylic acids is 1. The number of hydrogen-bond acceptors (Lipinski definition) is 5. The van der Waals surface area contributed by atoms with Gasteiger partial charge in [-0.2, -0.15) is 0 Å². The van der Waals surface area contributed by atoms with Gasteiger partial charge in [0.1, 0.15) is 0 Å². The number of carbonyl (C=O) groups is 1. The summed E-state index contributed by atoms with van der Waals surface area (Å²) in [6, 6.07) is 24.8. The summed E-state index contributed by atoms with van der Waals surface area (Å²) in [7, 11) is 0. The zero-order chi connectivity index (χ0) is 37.0. The third-order valence-corrected chi connectivity index (χ3v) is 10.5. The Bertz CT molecular complexity index is 1400. The molecule has 286 valence electrons. The number of amides is 2. The van der Waals surface area contributed by atoms with Gasteiger partial charge in [0.05, 0.1) is 18.8 Å². The number of urea groups is 1. The van der Waals surface area contributed by atoms with Gasteiger partial charge in [0.25, 0.3) is 0 Å². The van der Waals surface area contributed by atoms with Gasteiger partial charge in [-0.1, -0.05) is 158 Å². The van der Waals surface area contributed by atoms with Crippen LogP contribution in [0, 0.1) is 5.92 Å². The van der Waals surface area contributed by atoms with Crippen LogP contribution in [0.2, 0.25) is 0 Å². The molecular formula is C45H67N3O4. The van der Waals surface area contributed by atoms with Crippen molar-refractivity contribution in [2.24, 2.45) is 5.92 Å². The molecule has 2 amide bonds. The Balaban J connectivity index is 1.53. The average Bonchev–Trinajstić information content (AvgIpc) is 3.17. The summed E-state index contributed by atoms with van der Waals surface area (Å²) in [5.41, 5.74) is 6.24. The zero-order valence-electron chi connectivity index (χ0n) is 32.6. The first-order valence-corrected chi connectivity index (χ1v) is 20.4. The van der Waals surface area contributed by atoms with E-state index in [2.05, 4.69) is 84.8 Å². The van der Waals surface area contributed by atoms with Crippen molar-refractivity contribution in [3.8, 4) is 11.1 Å². The maximum Gasteiger partial charge on any atom is 0.315 e. The number of aliphatic hydroxyl groups is 1. The van der Waals surface area contributed by atoms with Gasteiger partial charge in [0.15, 0.2) is 6.29 Å². The van der Waals surface area contributed by atoms with E-state index in [-0.39, 0.29) is 30.8 Å². The molecule has 0 bridgehead atoms. The highest BCUT2D eigenvalue weighted by molar-refractivity contribution is 5.74. The summed E-state index contributed by atoms with van der Waals surface area (Å²) in [5, 5.41) is 15.5. The standard InChI is InChI=1S/C45H67N3O4/c1-5-8-10-12-14-18-30-48(31-19-15-13-11-9-6-2)33-42-35(4)43(38-24-22-36(34-49)23-25-38)52-44(51-42)39-28-26-37(27-29-39)41-21-17-16-20-40(41)32-47-45(50)46-7-3/h16-17,20-29,35,42-44,49H,5-15,18-19,30-34H2,1-4H3,(H2,46,47,50). The normalized spacial score (nSPS) is 18.8. The summed E-state index contributed by atoms with van der Waals surface area (Å²) in [4.78, 5) is 14.8. The van der Waals surface area contributed by atoms with E-state index >= 15 is 0 Å². The number of unbranched alkanes of at least 4 members (excludes halogenated alkanes) is 10. The van der Waals surface area contributed by atoms with Gasteiger partial charge in [-0.25, -0.2) is 4.79 Å². The van der Waals surface area contributed by atoms with E-state index < -0.39 is 6.29 Å². The highest BCUT2D eigenvalue weighted by Crippen LogP contribution is 2.42. The first kappa shape index (κ1) is 41.5. The molecule has 52 heavy (non-hydrogen) atoms. The molecule has 4 rings (SSSR count). The van der Waals surface area contributed by atoms with Gasteiger partial charge in [0, 0.05) is 31.1 Å². The molecule has 0 saturated carbocycles. The van der Waals surface area contributed by atoms with E-state index in [1.54, 1.807) is 0 Å². The SMILES string of the molecule is CCCCCCCCN(CCCCCCCC)CC1OC(c2ccc(-c3ccccc3CNC(=O)NCC)cc2)OC(c2ccc(CO)cc2)C1C. The Hall–Kier alpha value is -3.23. The molecule has 0 spiro atoms. The Labute approximate surface area is 314 Å². The minimum atomic E-state index is -0.502. The van der Waals surface area contributed by atoms with Gasteiger partial charge >= 0.3 is 6.03 Å². The van der Waals surface area contributed by atoms with E-state index in [1.165, 1.54) is 77.0 Å². The van der Waals surface area contributed by atoms with E-state index in [9.17, 15) is 9.90 Å². The first-order valence-electron chi connectivity index (χ1n) is 20.4. The number of benzene rings is 3. The molecule has 7 heteroatoms. The highest BCUT2D eigenvalue weighted by Gasteiger charge is 2.39. The van der Waals surface area contributed by atoms with Crippen LogP contribution in [-0.4, -0.2) is 48.3 Å². The number of hydrogen-bond donors (Lipinski definition) is 3.